The van der Waals surface area contributed by atoms with Gasteiger partial charge >= 0.3 is 0 Å². The van der Waals surface area contributed by atoms with Gasteiger partial charge in [0.05, 0.1) is 21.6 Å². The number of nitrogens with zero attached hydrogens (tertiary/aromatic N) is 2. The van der Waals surface area contributed by atoms with E-state index in [2.05, 4.69) is 39.5 Å². The topological polar surface area (TPSA) is 62.3 Å². The normalized spacial score (nSPS) is 15.6. The molecule has 1 N–H and O–H groups in total. The number of amides is 1. The van der Waals surface area contributed by atoms with Crippen LogP contribution in [0.25, 0.3) is 21.0 Å². The third-order valence-corrected chi connectivity index (χ3v) is 8.17. The third-order valence-electron chi connectivity index (χ3n) is 5.49. The highest BCUT2D eigenvalue weighted by Gasteiger charge is 2.31. The first-order chi connectivity index (χ1) is 14.9. The van der Waals surface area contributed by atoms with Crippen LogP contribution in [0.5, 0.6) is 0 Å². The third kappa shape index (κ3) is 4.95. The molecule has 0 aliphatic carbocycles. The smallest absolute Gasteiger partial charge is 0.225 e. The molecule has 4 rings (SSSR count). The Morgan fingerprint density at radius 3 is 2.39 bits per heavy atom. The largest absolute Gasteiger partial charge is 0.359 e. The predicted molar refractivity (Wildman–Crippen MR) is 127 cm³/mol. The second kappa shape index (κ2) is 9.42. The fraction of sp³-hybridized carbons (Fsp3) is 0.333. The van der Waals surface area contributed by atoms with Gasteiger partial charge in [-0.25, -0.2) is 4.98 Å². The van der Waals surface area contributed by atoms with Gasteiger partial charge < -0.3 is 5.32 Å². The Balaban J connectivity index is 1.39. The van der Waals surface area contributed by atoms with Crippen LogP contribution in [0, 0.1) is 5.92 Å². The molecule has 2 heterocycles. The van der Waals surface area contributed by atoms with Crippen LogP contribution in [0.1, 0.15) is 19.4 Å². The van der Waals surface area contributed by atoms with Crippen LogP contribution in [0.3, 0.4) is 0 Å². The van der Waals surface area contributed by atoms with E-state index in [4.69, 9.17) is 0 Å². The zero-order chi connectivity index (χ0) is 22.0. The van der Waals surface area contributed by atoms with Gasteiger partial charge in [-0.3, -0.25) is 13.9 Å². The Kier molecular flexibility index (Phi) is 6.65. The van der Waals surface area contributed by atoms with Gasteiger partial charge in [-0.15, -0.1) is 11.3 Å². The molecule has 0 radical (unpaired) electrons. The standard InChI is InChI=1S/C24H27N3O2S2/c1-16(2)31(29)21-10-8-18(9-11-21)22-12-26-24(30-22)19-6-4-17(5-7-19)13-27-14-20(15-27)23(28)25-3/h4-12,16,20H,13-15H2,1-3H3,(H,25,28). The average Bonchev–Trinajstić information content (AvgIpc) is 3.25. The van der Waals surface area contributed by atoms with E-state index in [1.54, 1.807) is 18.4 Å². The maximum atomic E-state index is 12.2. The number of benzene rings is 2. The molecule has 31 heavy (non-hydrogen) atoms. The van der Waals surface area contributed by atoms with Crippen molar-refractivity contribution in [3.63, 3.8) is 0 Å². The SMILES string of the molecule is CNC(=O)C1CN(Cc2ccc(-c3ncc(-c4ccc(S(=O)C(C)C)cc4)s3)cc2)C1. The second-order valence-electron chi connectivity index (χ2n) is 8.10. The Morgan fingerprint density at radius 2 is 1.77 bits per heavy atom. The number of hydrogen-bond donors (Lipinski definition) is 1. The van der Waals surface area contributed by atoms with Gasteiger partial charge in [0.15, 0.2) is 0 Å². The molecule has 3 aromatic rings. The van der Waals surface area contributed by atoms with Crippen molar-refractivity contribution in [3.8, 4) is 21.0 Å². The minimum atomic E-state index is -0.968. The fourth-order valence-corrected chi connectivity index (χ4v) is 5.52. The van der Waals surface area contributed by atoms with E-state index in [9.17, 15) is 9.00 Å². The number of aromatic nitrogens is 1. The van der Waals surface area contributed by atoms with Gasteiger partial charge in [0, 0.05) is 48.6 Å². The van der Waals surface area contributed by atoms with Gasteiger partial charge in [0.25, 0.3) is 0 Å². The summed E-state index contributed by atoms with van der Waals surface area (Å²) >= 11 is 1.66. The second-order valence-corrected chi connectivity index (χ2v) is 11.1. The van der Waals surface area contributed by atoms with Crippen LogP contribution >= 0.6 is 11.3 Å². The molecule has 5 nitrogen and oxygen atoms in total. The lowest BCUT2D eigenvalue weighted by Crippen LogP contribution is -2.52. The first-order valence-corrected chi connectivity index (χ1v) is 12.5. The quantitative estimate of drug-likeness (QED) is 0.583. The maximum Gasteiger partial charge on any atom is 0.225 e. The van der Waals surface area contributed by atoms with Gasteiger partial charge in [-0.2, -0.15) is 0 Å². The summed E-state index contributed by atoms with van der Waals surface area (Å²) in [6.45, 7) is 6.44. The van der Waals surface area contributed by atoms with Crippen molar-refractivity contribution < 1.29 is 9.00 Å². The molecule has 1 aromatic heterocycles. The summed E-state index contributed by atoms with van der Waals surface area (Å²) in [6.07, 6.45) is 1.90. The predicted octanol–water partition coefficient (Wildman–Crippen LogP) is 4.17. The molecule has 1 amide bonds. The highest BCUT2D eigenvalue weighted by atomic mass is 32.2. The van der Waals surface area contributed by atoms with Crippen molar-refractivity contribution in [2.45, 2.75) is 30.5 Å². The first-order valence-electron chi connectivity index (χ1n) is 10.4. The Labute approximate surface area is 190 Å². The lowest BCUT2D eigenvalue weighted by molar-refractivity contribution is -0.129. The highest BCUT2D eigenvalue weighted by molar-refractivity contribution is 7.85. The Bertz CT molecular complexity index is 1070. The molecule has 0 bridgehead atoms. The van der Waals surface area contributed by atoms with Crippen molar-refractivity contribution in [1.82, 2.24) is 15.2 Å². The Morgan fingerprint density at radius 1 is 1.13 bits per heavy atom. The lowest BCUT2D eigenvalue weighted by Gasteiger charge is -2.38. The van der Waals surface area contributed by atoms with Crippen molar-refractivity contribution >= 4 is 28.0 Å². The molecule has 1 saturated heterocycles. The molecule has 0 spiro atoms. The highest BCUT2D eigenvalue weighted by Crippen LogP contribution is 2.33. The summed E-state index contributed by atoms with van der Waals surface area (Å²) in [5.74, 6) is 0.256. The number of rotatable bonds is 7. The summed E-state index contributed by atoms with van der Waals surface area (Å²) in [4.78, 5) is 20.5. The first kappa shape index (κ1) is 21.9. The molecule has 162 valence electrons. The minimum Gasteiger partial charge on any atom is -0.359 e. The molecular formula is C24H27N3O2S2. The van der Waals surface area contributed by atoms with Crippen molar-refractivity contribution in [2.24, 2.45) is 5.92 Å². The fourth-order valence-electron chi connectivity index (χ4n) is 3.65. The van der Waals surface area contributed by atoms with E-state index in [0.717, 1.165) is 45.5 Å². The number of carbonyl (C=O) groups is 1. The Hall–Kier alpha value is -2.35. The van der Waals surface area contributed by atoms with Gasteiger partial charge in [0.2, 0.25) is 5.91 Å². The molecule has 1 unspecified atom stereocenters. The van der Waals surface area contributed by atoms with Crippen molar-refractivity contribution in [1.29, 1.82) is 0 Å². The zero-order valence-corrected chi connectivity index (χ0v) is 19.6. The van der Waals surface area contributed by atoms with Gasteiger partial charge in [0.1, 0.15) is 5.01 Å². The number of thiazole rings is 1. The zero-order valence-electron chi connectivity index (χ0n) is 18.0. The molecule has 7 heteroatoms. The van der Waals surface area contributed by atoms with Crippen molar-refractivity contribution in [3.05, 3.63) is 60.3 Å². The monoisotopic (exact) mass is 453 g/mol. The van der Waals surface area contributed by atoms with Crippen LogP contribution in [0.4, 0.5) is 0 Å². The van der Waals surface area contributed by atoms with E-state index >= 15 is 0 Å². The summed E-state index contributed by atoms with van der Waals surface area (Å²) in [6, 6.07) is 16.4. The van der Waals surface area contributed by atoms with E-state index in [1.165, 1.54) is 5.56 Å². The number of likely N-dealkylation sites (tertiary alicyclic amines) is 1. The number of nitrogens with one attached hydrogen (secondary N) is 1. The van der Waals surface area contributed by atoms with E-state index in [0.29, 0.717) is 0 Å². The molecule has 1 fully saturated rings. The molecule has 0 saturated carbocycles. The summed E-state index contributed by atoms with van der Waals surface area (Å²) in [7, 11) is 0.724. The van der Waals surface area contributed by atoms with Crippen LogP contribution in [0.2, 0.25) is 0 Å². The summed E-state index contributed by atoms with van der Waals surface area (Å²) in [5.41, 5.74) is 3.43. The lowest BCUT2D eigenvalue weighted by atomic mass is 9.98. The van der Waals surface area contributed by atoms with Crippen LogP contribution in [0.15, 0.2) is 59.6 Å². The molecular weight excluding hydrogens is 426 g/mol. The van der Waals surface area contributed by atoms with Gasteiger partial charge in [-0.1, -0.05) is 50.2 Å². The van der Waals surface area contributed by atoms with Crippen LogP contribution < -0.4 is 5.32 Å². The van der Waals surface area contributed by atoms with Crippen LogP contribution in [-0.2, 0) is 22.1 Å². The number of hydrogen-bond acceptors (Lipinski definition) is 5. The summed E-state index contributed by atoms with van der Waals surface area (Å²) in [5, 5.41) is 3.82. The molecule has 1 aliphatic heterocycles. The summed E-state index contributed by atoms with van der Waals surface area (Å²) < 4.78 is 12.2. The van der Waals surface area contributed by atoms with E-state index in [1.807, 2.05) is 44.3 Å². The van der Waals surface area contributed by atoms with E-state index in [-0.39, 0.29) is 17.1 Å². The van der Waals surface area contributed by atoms with Crippen molar-refractivity contribution in [2.75, 3.05) is 20.1 Å². The maximum absolute atomic E-state index is 12.2. The molecule has 1 aliphatic rings. The molecule has 1 atom stereocenters. The number of carbonyl (C=O) groups excluding carboxylic acids is 1. The minimum absolute atomic E-state index is 0.113. The van der Waals surface area contributed by atoms with E-state index < -0.39 is 10.8 Å². The van der Waals surface area contributed by atoms with Crippen LogP contribution in [-0.4, -0.2) is 45.4 Å². The average molecular weight is 454 g/mol. The van der Waals surface area contributed by atoms with Gasteiger partial charge in [-0.05, 0) is 23.3 Å². The molecule has 2 aromatic carbocycles.